The van der Waals surface area contributed by atoms with Crippen LogP contribution in [0.2, 0.25) is 0 Å². The van der Waals surface area contributed by atoms with Gasteiger partial charge in [-0.1, -0.05) is 19.8 Å². The molecule has 0 heterocycles. The van der Waals surface area contributed by atoms with E-state index < -0.39 is 0 Å². The van der Waals surface area contributed by atoms with E-state index in [1.165, 1.54) is 25.7 Å². The summed E-state index contributed by atoms with van der Waals surface area (Å²) in [4.78, 5) is 14.1. The summed E-state index contributed by atoms with van der Waals surface area (Å²) in [6, 6.07) is 0.724. The first-order valence-corrected chi connectivity index (χ1v) is 6.91. The van der Waals surface area contributed by atoms with Crippen molar-refractivity contribution in [3.63, 3.8) is 0 Å². The zero-order valence-electron chi connectivity index (χ0n) is 10.7. The highest BCUT2D eigenvalue weighted by atomic mass is 16.1. The van der Waals surface area contributed by atoms with Crippen molar-refractivity contribution in [3.8, 4) is 0 Å². The second-order valence-electron chi connectivity index (χ2n) is 5.82. The van der Waals surface area contributed by atoms with Gasteiger partial charge in [-0.3, -0.25) is 4.79 Å². The molecule has 2 nitrogen and oxygen atoms in total. The molecule has 0 aromatic carbocycles. The van der Waals surface area contributed by atoms with Gasteiger partial charge in [0, 0.05) is 24.9 Å². The fourth-order valence-corrected chi connectivity index (χ4v) is 3.52. The Labute approximate surface area is 99.4 Å². The van der Waals surface area contributed by atoms with Gasteiger partial charge in [0.05, 0.1) is 0 Å². The number of carbonyl (C=O) groups is 1. The van der Waals surface area contributed by atoms with Crippen molar-refractivity contribution in [2.75, 3.05) is 13.6 Å². The molecule has 2 saturated carbocycles. The molecule has 3 atom stereocenters. The van der Waals surface area contributed by atoms with E-state index in [2.05, 4.69) is 18.9 Å². The van der Waals surface area contributed by atoms with Crippen molar-refractivity contribution in [2.24, 2.45) is 11.8 Å². The van der Waals surface area contributed by atoms with Gasteiger partial charge in [-0.25, -0.2) is 0 Å². The summed E-state index contributed by atoms with van der Waals surface area (Å²) in [5.74, 6) is 1.67. The Balaban J connectivity index is 1.86. The topological polar surface area (TPSA) is 20.3 Å². The number of carbonyl (C=O) groups excluding carboxylic acids is 1. The molecule has 2 rings (SSSR count). The lowest BCUT2D eigenvalue weighted by atomic mass is 9.84. The highest BCUT2D eigenvalue weighted by molar-refractivity contribution is 5.83. The summed E-state index contributed by atoms with van der Waals surface area (Å²) in [6.45, 7) is 3.38. The minimum absolute atomic E-state index is 0.346. The summed E-state index contributed by atoms with van der Waals surface area (Å²) in [7, 11) is 2.22. The van der Waals surface area contributed by atoms with Crippen molar-refractivity contribution < 1.29 is 4.79 Å². The van der Waals surface area contributed by atoms with Crippen molar-refractivity contribution in [3.05, 3.63) is 0 Å². The van der Waals surface area contributed by atoms with Crippen LogP contribution in [0.4, 0.5) is 0 Å². The molecule has 3 unspecified atom stereocenters. The molecule has 2 heteroatoms. The third kappa shape index (κ3) is 2.65. The number of nitrogens with zero attached hydrogens (tertiary/aromatic N) is 1. The van der Waals surface area contributed by atoms with Gasteiger partial charge in [0.1, 0.15) is 5.78 Å². The monoisotopic (exact) mass is 223 g/mol. The van der Waals surface area contributed by atoms with E-state index in [-0.39, 0.29) is 0 Å². The maximum Gasteiger partial charge on any atom is 0.137 e. The van der Waals surface area contributed by atoms with Gasteiger partial charge in [0.25, 0.3) is 0 Å². The van der Waals surface area contributed by atoms with Crippen LogP contribution < -0.4 is 0 Å². The van der Waals surface area contributed by atoms with Crippen LogP contribution in [0.15, 0.2) is 0 Å². The van der Waals surface area contributed by atoms with Gasteiger partial charge >= 0.3 is 0 Å². The van der Waals surface area contributed by atoms with Gasteiger partial charge in [-0.2, -0.15) is 0 Å². The lowest BCUT2D eigenvalue weighted by molar-refractivity contribution is -0.121. The number of Topliss-reactive ketones (excluding diaryl/α,β-unsaturated/α-hetero) is 1. The molecule has 2 aliphatic carbocycles. The Bertz CT molecular complexity index is 251. The lowest BCUT2D eigenvalue weighted by Crippen LogP contribution is -2.42. The molecule has 0 saturated heterocycles. The average molecular weight is 223 g/mol. The molecule has 0 bridgehead atoms. The van der Waals surface area contributed by atoms with E-state index in [4.69, 9.17) is 0 Å². The molecule has 0 aromatic rings. The molecule has 0 N–H and O–H groups in total. The normalized spacial score (nSPS) is 35.9. The van der Waals surface area contributed by atoms with E-state index >= 15 is 0 Å². The van der Waals surface area contributed by atoms with Crippen LogP contribution in [0.5, 0.6) is 0 Å². The Morgan fingerprint density at radius 2 is 1.94 bits per heavy atom. The summed E-state index contributed by atoms with van der Waals surface area (Å²) in [6.07, 6.45) is 8.55. The number of ketones is 1. The van der Waals surface area contributed by atoms with Crippen LogP contribution in [0.1, 0.15) is 51.9 Å². The van der Waals surface area contributed by atoms with Crippen LogP contribution in [0, 0.1) is 11.8 Å². The SMILES string of the molecule is CC1CCCCC1N(C)CC1CCCC1=O. The van der Waals surface area contributed by atoms with E-state index in [1.54, 1.807) is 0 Å². The first kappa shape index (κ1) is 12.1. The molecular weight excluding hydrogens is 198 g/mol. The fraction of sp³-hybridized carbons (Fsp3) is 0.929. The molecule has 92 valence electrons. The zero-order valence-corrected chi connectivity index (χ0v) is 10.7. The maximum absolute atomic E-state index is 11.6. The highest BCUT2D eigenvalue weighted by Gasteiger charge is 2.30. The van der Waals surface area contributed by atoms with E-state index in [1.807, 2.05) is 0 Å². The Morgan fingerprint density at radius 3 is 2.56 bits per heavy atom. The van der Waals surface area contributed by atoms with Gasteiger partial charge in [0.15, 0.2) is 0 Å². The van der Waals surface area contributed by atoms with Gasteiger partial charge in [-0.05, 0) is 38.6 Å². The molecule has 0 radical (unpaired) electrons. The van der Waals surface area contributed by atoms with Crippen molar-refractivity contribution >= 4 is 5.78 Å². The van der Waals surface area contributed by atoms with Crippen LogP contribution >= 0.6 is 0 Å². The molecule has 0 amide bonds. The highest BCUT2D eigenvalue weighted by Crippen LogP contribution is 2.29. The lowest BCUT2D eigenvalue weighted by Gasteiger charge is -2.37. The summed E-state index contributed by atoms with van der Waals surface area (Å²) < 4.78 is 0. The number of hydrogen-bond acceptors (Lipinski definition) is 2. The summed E-state index contributed by atoms with van der Waals surface area (Å²) in [5.41, 5.74) is 0. The number of rotatable bonds is 3. The molecule has 16 heavy (non-hydrogen) atoms. The first-order chi connectivity index (χ1) is 7.68. The van der Waals surface area contributed by atoms with Crippen molar-refractivity contribution in [1.29, 1.82) is 0 Å². The standard InChI is InChI=1S/C14H25NO/c1-11-6-3-4-8-13(11)15(2)10-12-7-5-9-14(12)16/h11-13H,3-10H2,1-2H3. The Morgan fingerprint density at radius 1 is 1.19 bits per heavy atom. The number of hydrogen-bond donors (Lipinski definition) is 0. The third-order valence-corrected chi connectivity index (χ3v) is 4.57. The van der Waals surface area contributed by atoms with Gasteiger partial charge < -0.3 is 4.90 Å². The van der Waals surface area contributed by atoms with E-state index in [9.17, 15) is 4.79 Å². The second kappa shape index (κ2) is 5.31. The Hall–Kier alpha value is -0.370. The second-order valence-corrected chi connectivity index (χ2v) is 5.82. The predicted molar refractivity (Wildman–Crippen MR) is 66.4 cm³/mol. The predicted octanol–water partition coefficient (Wildman–Crippen LogP) is 2.87. The van der Waals surface area contributed by atoms with E-state index in [0.29, 0.717) is 11.7 Å². The maximum atomic E-state index is 11.6. The third-order valence-electron chi connectivity index (χ3n) is 4.57. The minimum atomic E-state index is 0.346. The van der Waals surface area contributed by atoms with Crippen LogP contribution in [-0.4, -0.2) is 30.3 Å². The molecular formula is C14H25NO. The molecule has 0 spiro atoms. The first-order valence-electron chi connectivity index (χ1n) is 6.91. The smallest absolute Gasteiger partial charge is 0.137 e. The summed E-state index contributed by atoms with van der Waals surface area (Å²) >= 11 is 0. The van der Waals surface area contributed by atoms with Crippen LogP contribution in [0.25, 0.3) is 0 Å². The molecule has 2 fully saturated rings. The van der Waals surface area contributed by atoms with Crippen molar-refractivity contribution in [2.45, 2.75) is 57.9 Å². The summed E-state index contributed by atoms with van der Waals surface area (Å²) in [5, 5.41) is 0. The average Bonchev–Trinajstić information content (AvgIpc) is 2.65. The fourth-order valence-electron chi connectivity index (χ4n) is 3.52. The quantitative estimate of drug-likeness (QED) is 0.733. The zero-order chi connectivity index (χ0) is 11.5. The molecule has 2 aliphatic rings. The van der Waals surface area contributed by atoms with Crippen LogP contribution in [-0.2, 0) is 4.79 Å². The van der Waals surface area contributed by atoms with Gasteiger partial charge in [0.2, 0.25) is 0 Å². The molecule has 0 aromatic heterocycles. The largest absolute Gasteiger partial charge is 0.302 e. The van der Waals surface area contributed by atoms with Crippen molar-refractivity contribution in [1.82, 2.24) is 4.90 Å². The Kier molecular flexibility index (Phi) is 4.01. The van der Waals surface area contributed by atoms with Crippen LogP contribution in [0.3, 0.4) is 0 Å². The minimum Gasteiger partial charge on any atom is -0.302 e. The molecule has 0 aliphatic heterocycles. The van der Waals surface area contributed by atoms with Gasteiger partial charge in [-0.15, -0.1) is 0 Å². The van der Waals surface area contributed by atoms with E-state index in [0.717, 1.165) is 37.8 Å².